The number of fused-ring (bicyclic) bond motifs is 1. The fraction of sp³-hybridized carbons (Fsp3) is 0.118. The van der Waals surface area contributed by atoms with Crippen LogP contribution in [-0.4, -0.2) is 19.7 Å². The van der Waals surface area contributed by atoms with Crippen LogP contribution >= 0.6 is 22.6 Å². The van der Waals surface area contributed by atoms with Crippen LogP contribution in [0.3, 0.4) is 0 Å². The van der Waals surface area contributed by atoms with Crippen molar-refractivity contribution in [2.24, 2.45) is 0 Å². The van der Waals surface area contributed by atoms with Crippen LogP contribution in [0.2, 0.25) is 0 Å². The van der Waals surface area contributed by atoms with Crippen LogP contribution in [0, 0.1) is 9.39 Å². The van der Waals surface area contributed by atoms with E-state index in [1.54, 1.807) is 24.3 Å². The number of nitrogens with zero attached hydrogens (tertiary/aromatic N) is 4. The van der Waals surface area contributed by atoms with Crippen LogP contribution in [0.25, 0.3) is 22.3 Å². The minimum atomic E-state index is -0.337. The highest BCUT2D eigenvalue weighted by Crippen LogP contribution is 2.31. The molecule has 1 atom stereocenters. The Morgan fingerprint density at radius 1 is 1.28 bits per heavy atom. The van der Waals surface area contributed by atoms with Gasteiger partial charge in [-0.25, -0.2) is 14.4 Å². The number of aromatic nitrogens is 4. The molecule has 3 aromatic heterocycles. The third-order valence-corrected chi connectivity index (χ3v) is 4.92. The second kappa shape index (κ2) is 6.10. The standard InChI is InChI=1S/C17H13FIN5O/c1-9(24-7-12(19)15-16(20)21-8-22-17(15)24)14-6-13(23-25-14)10-4-2-3-5-11(10)18/h2-9H,1H3,(H2,20,21,22). The molecule has 1 aromatic carbocycles. The Kier molecular flexibility index (Phi) is 3.91. The molecule has 25 heavy (non-hydrogen) atoms. The predicted octanol–water partition coefficient (Wildman–Crippen LogP) is 4.02. The lowest BCUT2D eigenvalue weighted by Crippen LogP contribution is -2.05. The van der Waals surface area contributed by atoms with E-state index in [0.29, 0.717) is 28.5 Å². The number of anilines is 1. The van der Waals surface area contributed by atoms with E-state index in [4.69, 9.17) is 10.3 Å². The number of benzene rings is 1. The molecule has 0 radical (unpaired) electrons. The van der Waals surface area contributed by atoms with Crippen molar-refractivity contribution in [3.63, 3.8) is 0 Å². The topological polar surface area (TPSA) is 82.8 Å². The average molecular weight is 449 g/mol. The second-order valence-electron chi connectivity index (χ2n) is 5.61. The summed E-state index contributed by atoms with van der Waals surface area (Å²) in [5, 5.41) is 4.82. The van der Waals surface area contributed by atoms with E-state index in [2.05, 4.69) is 37.7 Å². The van der Waals surface area contributed by atoms with Gasteiger partial charge in [-0.15, -0.1) is 0 Å². The molecule has 4 rings (SSSR count). The predicted molar refractivity (Wildman–Crippen MR) is 100 cm³/mol. The smallest absolute Gasteiger partial charge is 0.159 e. The van der Waals surface area contributed by atoms with Gasteiger partial charge in [-0.3, -0.25) is 0 Å². The Hall–Kier alpha value is -2.49. The minimum absolute atomic E-state index is 0.187. The zero-order valence-electron chi connectivity index (χ0n) is 13.1. The summed E-state index contributed by atoms with van der Waals surface area (Å²) in [7, 11) is 0. The van der Waals surface area contributed by atoms with Gasteiger partial charge in [0, 0.05) is 21.4 Å². The highest BCUT2D eigenvalue weighted by Gasteiger charge is 2.21. The highest BCUT2D eigenvalue weighted by atomic mass is 127. The lowest BCUT2D eigenvalue weighted by atomic mass is 10.1. The summed E-state index contributed by atoms with van der Waals surface area (Å²) in [6, 6.07) is 8.02. The van der Waals surface area contributed by atoms with Crippen LogP contribution in [0.1, 0.15) is 18.7 Å². The second-order valence-corrected chi connectivity index (χ2v) is 6.77. The molecule has 0 saturated heterocycles. The first-order chi connectivity index (χ1) is 12.1. The van der Waals surface area contributed by atoms with Crippen molar-refractivity contribution in [2.45, 2.75) is 13.0 Å². The molecular formula is C17H13FIN5O. The average Bonchev–Trinajstić information content (AvgIpc) is 3.21. The third kappa shape index (κ3) is 2.66. The quantitative estimate of drug-likeness (QED) is 0.478. The third-order valence-electron chi connectivity index (χ3n) is 4.10. The van der Waals surface area contributed by atoms with Crippen molar-refractivity contribution >= 4 is 39.4 Å². The van der Waals surface area contributed by atoms with Gasteiger partial charge < -0.3 is 14.8 Å². The van der Waals surface area contributed by atoms with E-state index in [1.807, 2.05) is 17.7 Å². The molecule has 0 saturated carbocycles. The molecule has 0 fully saturated rings. The van der Waals surface area contributed by atoms with Gasteiger partial charge in [-0.1, -0.05) is 17.3 Å². The van der Waals surface area contributed by atoms with Gasteiger partial charge in [-0.05, 0) is 41.6 Å². The summed E-state index contributed by atoms with van der Waals surface area (Å²) in [4.78, 5) is 8.37. The maximum absolute atomic E-state index is 13.9. The molecular weight excluding hydrogens is 436 g/mol. The van der Waals surface area contributed by atoms with E-state index in [9.17, 15) is 4.39 Å². The van der Waals surface area contributed by atoms with Crippen LogP contribution in [-0.2, 0) is 0 Å². The van der Waals surface area contributed by atoms with E-state index < -0.39 is 0 Å². The first-order valence-corrected chi connectivity index (χ1v) is 8.62. The molecule has 3 heterocycles. The van der Waals surface area contributed by atoms with Crippen LogP contribution in [0.15, 0.2) is 47.4 Å². The molecule has 0 aliphatic heterocycles. The molecule has 1 unspecified atom stereocenters. The van der Waals surface area contributed by atoms with E-state index in [-0.39, 0.29) is 11.9 Å². The Morgan fingerprint density at radius 3 is 2.88 bits per heavy atom. The number of halogens is 2. The minimum Gasteiger partial charge on any atom is -0.383 e. The first kappa shape index (κ1) is 16.0. The summed E-state index contributed by atoms with van der Waals surface area (Å²) in [5.41, 5.74) is 7.54. The van der Waals surface area contributed by atoms with E-state index >= 15 is 0 Å². The van der Waals surface area contributed by atoms with Gasteiger partial charge in [0.25, 0.3) is 0 Å². The van der Waals surface area contributed by atoms with Gasteiger partial charge in [0.1, 0.15) is 29.3 Å². The Morgan fingerprint density at radius 2 is 2.08 bits per heavy atom. The number of rotatable bonds is 3. The molecule has 0 amide bonds. The Labute approximate surface area is 156 Å². The van der Waals surface area contributed by atoms with E-state index in [1.165, 1.54) is 12.4 Å². The monoisotopic (exact) mass is 449 g/mol. The van der Waals surface area contributed by atoms with Gasteiger partial charge in [-0.2, -0.15) is 0 Å². The zero-order chi connectivity index (χ0) is 17.6. The largest absolute Gasteiger partial charge is 0.383 e. The van der Waals surface area contributed by atoms with Gasteiger partial charge in [0.15, 0.2) is 5.76 Å². The number of nitrogens with two attached hydrogens (primary N) is 1. The van der Waals surface area contributed by atoms with Crippen molar-refractivity contribution in [1.29, 1.82) is 0 Å². The van der Waals surface area contributed by atoms with Gasteiger partial charge in [0.2, 0.25) is 0 Å². The summed E-state index contributed by atoms with van der Waals surface area (Å²) >= 11 is 2.20. The SMILES string of the molecule is CC(c1cc(-c2ccccc2F)no1)n1cc(I)c2c(N)ncnc21. The van der Waals surface area contributed by atoms with Crippen LogP contribution < -0.4 is 5.73 Å². The van der Waals surface area contributed by atoms with E-state index in [0.717, 1.165) is 8.96 Å². The molecule has 0 spiro atoms. The highest BCUT2D eigenvalue weighted by molar-refractivity contribution is 14.1. The molecule has 0 aliphatic carbocycles. The fourth-order valence-electron chi connectivity index (χ4n) is 2.78. The molecule has 8 heteroatoms. The summed E-state index contributed by atoms with van der Waals surface area (Å²) < 4.78 is 22.3. The maximum atomic E-state index is 13.9. The van der Waals surface area contributed by atoms with Crippen LogP contribution in [0.5, 0.6) is 0 Å². The summed E-state index contributed by atoms with van der Waals surface area (Å²) in [6.45, 7) is 1.96. The molecule has 6 nitrogen and oxygen atoms in total. The van der Waals surface area contributed by atoms with Crippen molar-refractivity contribution in [1.82, 2.24) is 19.7 Å². The fourth-order valence-corrected chi connectivity index (χ4v) is 3.59. The molecule has 4 aromatic rings. The normalized spacial score (nSPS) is 12.6. The van der Waals surface area contributed by atoms with Crippen LogP contribution in [0.4, 0.5) is 10.2 Å². The molecule has 0 bridgehead atoms. The number of nitrogen functional groups attached to an aromatic ring is 1. The molecule has 126 valence electrons. The summed E-state index contributed by atoms with van der Waals surface area (Å²) in [5.74, 6) is 0.699. The lowest BCUT2D eigenvalue weighted by Gasteiger charge is -2.10. The van der Waals surface area contributed by atoms with Gasteiger partial charge in [0.05, 0.1) is 11.4 Å². The first-order valence-electron chi connectivity index (χ1n) is 7.54. The summed E-state index contributed by atoms with van der Waals surface area (Å²) in [6.07, 6.45) is 3.37. The van der Waals surface area contributed by atoms with Gasteiger partial charge >= 0.3 is 0 Å². The van der Waals surface area contributed by atoms with Crippen molar-refractivity contribution in [3.8, 4) is 11.3 Å². The molecule has 2 N–H and O–H groups in total. The Balaban J connectivity index is 1.77. The number of hydrogen-bond donors (Lipinski definition) is 1. The number of hydrogen-bond acceptors (Lipinski definition) is 5. The lowest BCUT2D eigenvalue weighted by molar-refractivity contribution is 0.355. The van der Waals surface area contributed by atoms with Crippen molar-refractivity contribution in [2.75, 3.05) is 5.73 Å². The van der Waals surface area contributed by atoms with Crippen molar-refractivity contribution < 1.29 is 8.91 Å². The zero-order valence-corrected chi connectivity index (χ0v) is 15.3. The Bertz CT molecular complexity index is 1070. The maximum Gasteiger partial charge on any atom is 0.159 e. The van der Waals surface area contributed by atoms with Crippen molar-refractivity contribution in [3.05, 3.63) is 58.0 Å². The molecule has 0 aliphatic rings.